The molecule has 0 saturated carbocycles. The van der Waals surface area contributed by atoms with Gasteiger partial charge in [0.15, 0.2) is 0 Å². The van der Waals surface area contributed by atoms with E-state index in [-0.39, 0.29) is 24.9 Å². The molecule has 0 amide bonds. The Morgan fingerprint density at radius 2 is 2.13 bits per heavy atom. The van der Waals surface area contributed by atoms with Crippen molar-refractivity contribution in [3.63, 3.8) is 0 Å². The molecular weight excluding hydrogens is 190 g/mol. The molecule has 1 aromatic carbocycles. The molecular formula is C12H13NO2. The number of rotatable bonds is 4. The molecule has 0 N–H and O–H groups in total. The molecule has 1 rings (SSSR count). The highest BCUT2D eigenvalue weighted by molar-refractivity contribution is 5.72. The summed E-state index contributed by atoms with van der Waals surface area (Å²) in [5, 5.41) is 8.41. The van der Waals surface area contributed by atoms with Crippen molar-refractivity contribution >= 4 is 5.97 Å². The van der Waals surface area contributed by atoms with E-state index in [1.54, 1.807) is 6.92 Å². The fourth-order valence-electron chi connectivity index (χ4n) is 1.09. The molecule has 78 valence electrons. The summed E-state index contributed by atoms with van der Waals surface area (Å²) in [5.74, 6) is -0.667. The van der Waals surface area contributed by atoms with E-state index in [1.165, 1.54) is 0 Å². The van der Waals surface area contributed by atoms with Gasteiger partial charge in [-0.2, -0.15) is 5.26 Å². The predicted octanol–water partition coefficient (Wildman–Crippen LogP) is 2.28. The number of nitrogens with zero attached hydrogens (tertiary/aromatic N) is 1. The maximum atomic E-state index is 11.3. The third-order valence-corrected chi connectivity index (χ3v) is 2.02. The lowest BCUT2D eigenvalue weighted by molar-refractivity contribution is -0.149. The lowest BCUT2D eigenvalue weighted by Gasteiger charge is -2.07. The van der Waals surface area contributed by atoms with Crippen LogP contribution in [0.25, 0.3) is 0 Å². The number of carbonyl (C=O) groups excluding carboxylic acids is 1. The van der Waals surface area contributed by atoms with Crippen molar-refractivity contribution in [2.45, 2.75) is 20.0 Å². The summed E-state index contributed by atoms with van der Waals surface area (Å²) in [5.41, 5.74) is 0.954. The molecule has 3 heteroatoms. The van der Waals surface area contributed by atoms with Gasteiger partial charge in [0.05, 0.1) is 12.0 Å². The van der Waals surface area contributed by atoms with E-state index in [0.29, 0.717) is 0 Å². The van der Waals surface area contributed by atoms with E-state index in [2.05, 4.69) is 0 Å². The van der Waals surface area contributed by atoms with E-state index < -0.39 is 0 Å². The van der Waals surface area contributed by atoms with Crippen LogP contribution >= 0.6 is 0 Å². The number of hydrogen-bond donors (Lipinski definition) is 0. The topological polar surface area (TPSA) is 50.1 Å². The average molecular weight is 203 g/mol. The summed E-state index contributed by atoms with van der Waals surface area (Å²) in [6.45, 7) is 1.96. The molecule has 0 aliphatic rings. The first kappa shape index (κ1) is 11.3. The van der Waals surface area contributed by atoms with Gasteiger partial charge in [-0.15, -0.1) is 0 Å². The second-order valence-electron chi connectivity index (χ2n) is 3.36. The SMILES string of the molecule is CC(CC#N)C(=O)OCc1ccccc1. The minimum Gasteiger partial charge on any atom is -0.461 e. The highest BCUT2D eigenvalue weighted by Gasteiger charge is 2.13. The van der Waals surface area contributed by atoms with Crippen molar-refractivity contribution in [3.8, 4) is 6.07 Å². The minimum absolute atomic E-state index is 0.202. The average Bonchev–Trinajstić information content (AvgIpc) is 2.27. The zero-order chi connectivity index (χ0) is 11.1. The second kappa shape index (κ2) is 5.82. The Labute approximate surface area is 89.3 Å². The molecule has 0 saturated heterocycles. The molecule has 1 aromatic rings. The summed E-state index contributed by atoms with van der Waals surface area (Å²) in [6, 6.07) is 11.4. The van der Waals surface area contributed by atoms with E-state index in [0.717, 1.165) is 5.56 Å². The first-order valence-corrected chi connectivity index (χ1v) is 4.81. The predicted molar refractivity (Wildman–Crippen MR) is 55.6 cm³/mol. The molecule has 0 bridgehead atoms. The first-order chi connectivity index (χ1) is 7.24. The number of esters is 1. The lowest BCUT2D eigenvalue weighted by atomic mass is 10.1. The monoisotopic (exact) mass is 203 g/mol. The Bertz CT molecular complexity index is 354. The van der Waals surface area contributed by atoms with E-state index in [9.17, 15) is 4.79 Å². The second-order valence-corrected chi connectivity index (χ2v) is 3.36. The molecule has 0 aromatic heterocycles. The Kier molecular flexibility index (Phi) is 4.36. The smallest absolute Gasteiger partial charge is 0.310 e. The number of hydrogen-bond acceptors (Lipinski definition) is 3. The summed E-state index contributed by atoms with van der Waals surface area (Å²) in [7, 11) is 0. The standard InChI is InChI=1S/C12H13NO2/c1-10(7-8-13)12(14)15-9-11-5-3-2-4-6-11/h2-6,10H,7,9H2,1H3. The molecule has 0 aliphatic carbocycles. The summed E-state index contributed by atoms with van der Waals surface area (Å²) >= 11 is 0. The van der Waals surface area contributed by atoms with Gasteiger partial charge in [0.1, 0.15) is 6.61 Å². The number of ether oxygens (including phenoxy) is 1. The van der Waals surface area contributed by atoms with Crippen LogP contribution in [0.15, 0.2) is 30.3 Å². The molecule has 0 spiro atoms. The number of carbonyl (C=O) groups is 1. The van der Waals surface area contributed by atoms with Gasteiger partial charge in [0, 0.05) is 6.42 Å². The third-order valence-electron chi connectivity index (χ3n) is 2.02. The van der Waals surface area contributed by atoms with Gasteiger partial charge in [-0.1, -0.05) is 37.3 Å². The van der Waals surface area contributed by atoms with Crippen LogP contribution < -0.4 is 0 Å². The van der Waals surface area contributed by atoms with Gasteiger partial charge < -0.3 is 4.74 Å². The van der Waals surface area contributed by atoms with Crippen LogP contribution in [0.5, 0.6) is 0 Å². The molecule has 1 unspecified atom stereocenters. The molecule has 15 heavy (non-hydrogen) atoms. The van der Waals surface area contributed by atoms with Crippen LogP contribution in [0, 0.1) is 17.2 Å². The quantitative estimate of drug-likeness (QED) is 0.705. The normalized spacial score (nSPS) is 11.5. The minimum atomic E-state index is -0.348. The van der Waals surface area contributed by atoms with Crippen molar-refractivity contribution < 1.29 is 9.53 Å². The van der Waals surface area contributed by atoms with Crippen LogP contribution in [-0.2, 0) is 16.1 Å². The highest BCUT2D eigenvalue weighted by atomic mass is 16.5. The lowest BCUT2D eigenvalue weighted by Crippen LogP contribution is -2.14. The summed E-state index contributed by atoms with van der Waals surface area (Å²) in [6.07, 6.45) is 0.202. The molecule has 0 aliphatic heterocycles. The molecule has 3 nitrogen and oxygen atoms in total. The Morgan fingerprint density at radius 1 is 1.47 bits per heavy atom. The Morgan fingerprint density at radius 3 is 2.73 bits per heavy atom. The van der Waals surface area contributed by atoms with E-state index >= 15 is 0 Å². The van der Waals surface area contributed by atoms with Gasteiger partial charge >= 0.3 is 5.97 Å². The van der Waals surface area contributed by atoms with Crippen LogP contribution in [0.4, 0.5) is 0 Å². The first-order valence-electron chi connectivity index (χ1n) is 4.81. The van der Waals surface area contributed by atoms with Crippen LogP contribution in [0.3, 0.4) is 0 Å². The zero-order valence-electron chi connectivity index (χ0n) is 8.64. The fraction of sp³-hybridized carbons (Fsp3) is 0.333. The van der Waals surface area contributed by atoms with Crippen molar-refractivity contribution in [1.29, 1.82) is 5.26 Å². The summed E-state index contributed by atoms with van der Waals surface area (Å²) in [4.78, 5) is 11.3. The largest absolute Gasteiger partial charge is 0.461 e. The molecule has 1 atom stereocenters. The van der Waals surface area contributed by atoms with Gasteiger partial charge in [-0.05, 0) is 5.56 Å². The third kappa shape index (κ3) is 3.82. The van der Waals surface area contributed by atoms with Gasteiger partial charge in [0.2, 0.25) is 0 Å². The number of nitriles is 1. The van der Waals surface area contributed by atoms with E-state index in [4.69, 9.17) is 10.00 Å². The molecule has 0 fully saturated rings. The van der Waals surface area contributed by atoms with Gasteiger partial charge in [0.25, 0.3) is 0 Å². The highest BCUT2D eigenvalue weighted by Crippen LogP contribution is 2.06. The fourth-order valence-corrected chi connectivity index (χ4v) is 1.09. The van der Waals surface area contributed by atoms with Gasteiger partial charge in [-0.3, -0.25) is 4.79 Å². The van der Waals surface area contributed by atoms with E-state index in [1.807, 2.05) is 36.4 Å². The van der Waals surface area contributed by atoms with Crippen LogP contribution in [0.1, 0.15) is 18.9 Å². The maximum Gasteiger partial charge on any atom is 0.310 e. The maximum absolute atomic E-state index is 11.3. The molecule has 0 radical (unpaired) electrons. The van der Waals surface area contributed by atoms with Crippen LogP contribution in [-0.4, -0.2) is 5.97 Å². The van der Waals surface area contributed by atoms with Crippen molar-refractivity contribution in [1.82, 2.24) is 0 Å². The summed E-state index contributed by atoms with van der Waals surface area (Å²) < 4.78 is 5.05. The van der Waals surface area contributed by atoms with Crippen molar-refractivity contribution in [2.75, 3.05) is 0 Å². The number of benzene rings is 1. The van der Waals surface area contributed by atoms with Crippen molar-refractivity contribution in [2.24, 2.45) is 5.92 Å². The Balaban J connectivity index is 2.38. The molecule has 0 heterocycles. The van der Waals surface area contributed by atoms with Gasteiger partial charge in [-0.25, -0.2) is 0 Å². The van der Waals surface area contributed by atoms with Crippen molar-refractivity contribution in [3.05, 3.63) is 35.9 Å². The Hall–Kier alpha value is -1.82. The van der Waals surface area contributed by atoms with Crippen LogP contribution in [0.2, 0.25) is 0 Å². The zero-order valence-corrected chi connectivity index (χ0v) is 8.64.